The molecule has 1 saturated heterocycles. The predicted molar refractivity (Wildman–Crippen MR) is 137 cm³/mol. The lowest BCUT2D eigenvalue weighted by Gasteiger charge is -2.14. The number of aryl methyl sites for hydroxylation is 2. The molecule has 0 N–H and O–H groups in total. The van der Waals surface area contributed by atoms with Crippen LogP contribution in [0.4, 0.5) is 16.5 Å². The first-order valence-electron chi connectivity index (χ1n) is 10.4. The van der Waals surface area contributed by atoms with E-state index in [1.54, 1.807) is 37.3 Å². The fraction of sp³-hybridized carbons (Fsp3) is 0.0833. The molecule has 0 atom stereocenters. The summed E-state index contributed by atoms with van der Waals surface area (Å²) in [5, 5.41) is 21.2. The lowest BCUT2D eigenvalue weighted by molar-refractivity contribution is -0.384. The van der Waals surface area contributed by atoms with Gasteiger partial charge < -0.3 is 4.42 Å². The van der Waals surface area contributed by atoms with Crippen molar-refractivity contribution >= 4 is 56.8 Å². The highest BCUT2D eigenvalue weighted by molar-refractivity contribution is 8.19. The van der Waals surface area contributed by atoms with E-state index in [4.69, 9.17) is 4.42 Å². The molecule has 0 radical (unpaired) electrons. The first-order chi connectivity index (χ1) is 16.9. The molecule has 0 aliphatic carbocycles. The normalized spacial score (nSPS) is 15.9. The van der Waals surface area contributed by atoms with Gasteiger partial charge >= 0.3 is 0 Å². The van der Waals surface area contributed by atoms with Crippen LogP contribution in [-0.2, 0) is 4.79 Å². The zero-order valence-corrected chi connectivity index (χ0v) is 20.2. The van der Waals surface area contributed by atoms with Crippen LogP contribution in [0.3, 0.4) is 0 Å². The third-order valence-corrected chi connectivity index (χ3v) is 6.74. The number of carbonyl (C=O) groups excluding carboxylic acids is 1. The van der Waals surface area contributed by atoms with Crippen molar-refractivity contribution in [2.75, 3.05) is 4.90 Å². The van der Waals surface area contributed by atoms with Crippen LogP contribution in [0.25, 0.3) is 17.4 Å². The number of carbonyl (C=O) groups is 1. The molecule has 9 nitrogen and oxygen atoms in total. The van der Waals surface area contributed by atoms with Crippen LogP contribution < -0.4 is 4.90 Å². The Bertz CT molecular complexity index is 1510. The first-order valence-corrected chi connectivity index (χ1v) is 12.1. The van der Waals surface area contributed by atoms with E-state index in [0.717, 1.165) is 10.6 Å². The van der Waals surface area contributed by atoms with E-state index in [1.807, 2.05) is 37.3 Å². The molecule has 11 heteroatoms. The summed E-state index contributed by atoms with van der Waals surface area (Å²) in [5.41, 5.74) is 1.78. The molecule has 1 fully saturated rings. The summed E-state index contributed by atoms with van der Waals surface area (Å²) >= 11 is 2.52. The average Bonchev–Trinajstić information content (AvgIpc) is 3.54. The number of aliphatic imine (C=N–C) groups is 1. The van der Waals surface area contributed by atoms with E-state index in [1.165, 1.54) is 34.1 Å². The summed E-state index contributed by atoms with van der Waals surface area (Å²) < 4.78 is 5.88. The maximum atomic E-state index is 13.4. The lowest BCUT2D eigenvalue weighted by Crippen LogP contribution is -2.28. The van der Waals surface area contributed by atoms with Crippen molar-refractivity contribution in [3.63, 3.8) is 0 Å². The van der Waals surface area contributed by atoms with Crippen molar-refractivity contribution in [2.24, 2.45) is 4.99 Å². The fourth-order valence-electron chi connectivity index (χ4n) is 3.47. The molecule has 4 aromatic rings. The van der Waals surface area contributed by atoms with Gasteiger partial charge in [-0.1, -0.05) is 35.6 Å². The molecule has 0 bridgehead atoms. The Morgan fingerprint density at radius 2 is 1.89 bits per heavy atom. The van der Waals surface area contributed by atoms with Gasteiger partial charge in [0.05, 0.1) is 21.1 Å². The number of nitro groups is 1. The van der Waals surface area contributed by atoms with Crippen molar-refractivity contribution < 1.29 is 14.1 Å². The number of amidine groups is 1. The number of benzene rings is 2. The number of hydrogen-bond acceptors (Lipinski definition) is 9. The van der Waals surface area contributed by atoms with Crippen LogP contribution in [0, 0.1) is 24.0 Å². The predicted octanol–water partition coefficient (Wildman–Crippen LogP) is 6.13. The van der Waals surface area contributed by atoms with Crippen LogP contribution in [0.15, 0.2) is 75.0 Å². The summed E-state index contributed by atoms with van der Waals surface area (Å²) in [6, 6.07) is 17.5. The molecule has 174 valence electrons. The number of hydrogen-bond donors (Lipinski definition) is 0. The van der Waals surface area contributed by atoms with Crippen molar-refractivity contribution in [3.05, 3.63) is 92.0 Å². The number of thioether (sulfide) groups is 1. The Balaban J connectivity index is 1.51. The molecule has 5 rings (SSSR count). The zero-order chi connectivity index (χ0) is 24.5. The van der Waals surface area contributed by atoms with Gasteiger partial charge in [0.25, 0.3) is 11.6 Å². The Labute approximate surface area is 208 Å². The van der Waals surface area contributed by atoms with Gasteiger partial charge in [0, 0.05) is 12.1 Å². The first kappa shape index (κ1) is 22.7. The highest BCUT2D eigenvalue weighted by Crippen LogP contribution is 2.39. The molecule has 1 aliphatic rings. The van der Waals surface area contributed by atoms with E-state index in [-0.39, 0.29) is 11.6 Å². The molecular weight excluding hydrogens is 486 g/mol. The third-order valence-electron chi connectivity index (χ3n) is 5.04. The third kappa shape index (κ3) is 4.63. The van der Waals surface area contributed by atoms with E-state index < -0.39 is 4.92 Å². The van der Waals surface area contributed by atoms with Crippen LogP contribution in [-0.4, -0.2) is 26.2 Å². The number of aromatic nitrogens is 2. The molecule has 35 heavy (non-hydrogen) atoms. The number of nitrogens with zero attached hydrogens (tertiary/aromatic N) is 5. The molecule has 2 aromatic heterocycles. The van der Waals surface area contributed by atoms with Crippen molar-refractivity contribution in [2.45, 2.75) is 13.8 Å². The van der Waals surface area contributed by atoms with Crippen molar-refractivity contribution in [3.8, 4) is 11.3 Å². The van der Waals surface area contributed by atoms with Crippen LogP contribution in [0.2, 0.25) is 0 Å². The van der Waals surface area contributed by atoms with Crippen LogP contribution in [0.1, 0.15) is 16.3 Å². The second-order valence-corrected chi connectivity index (χ2v) is 9.73. The number of amides is 1. The highest BCUT2D eigenvalue weighted by atomic mass is 32.2. The van der Waals surface area contributed by atoms with E-state index in [2.05, 4.69) is 15.2 Å². The summed E-state index contributed by atoms with van der Waals surface area (Å²) in [5.74, 6) is 0.476. The van der Waals surface area contributed by atoms with Gasteiger partial charge in [-0.2, -0.15) is 4.99 Å². The SMILES string of the molecule is Cc1ccc(-c2ccc(/C=C3/S/C(=N/c4nnc(C)s4)N(c4ccccc4)C3=O)o2)c([N+](=O)[O-])c1. The van der Waals surface area contributed by atoms with Crippen LogP contribution in [0.5, 0.6) is 0 Å². The standard InChI is InChI=1S/C24H17N5O4S2/c1-14-8-10-18(19(12-14)29(31)32)20-11-9-17(33-20)13-21-22(30)28(16-6-4-3-5-7-16)24(35-21)25-23-27-26-15(2)34-23/h3-13H,1-2H3/b21-13+,25-24+. The molecule has 1 aliphatic heterocycles. The average molecular weight is 504 g/mol. The zero-order valence-electron chi connectivity index (χ0n) is 18.5. The molecular formula is C24H17N5O4S2. The maximum Gasteiger partial charge on any atom is 0.280 e. The molecule has 1 amide bonds. The van der Waals surface area contributed by atoms with Crippen molar-refractivity contribution in [1.82, 2.24) is 10.2 Å². The maximum absolute atomic E-state index is 13.4. The lowest BCUT2D eigenvalue weighted by atomic mass is 10.1. The van der Waals surface area contributed by atoms with Gasteiger partial charge in [0.15, 0.2) is 5.17 Å². The second kappa shape index (κ2) is 9.28. The number of nitro benzene ring substituents is 1. The Morgan fingerprint density at radius 3 is 2.60 bits per heavy atom. The highest BCUT2D eigenvalue weighted by Gasteiger charge is 2.35. The van der Waals surface area contributed by atoms with Gasteiger partial charge in [0.2, 0.25) is 5.13 Å². The Kier molecular flexibility index (Phi) is 6.01. The monoisotopic (exact) mass is 503 g/mol. The van der Waals surface area contributed by atoms with Gasteiger partial charge in [-0.15, -0.1) is 10.2 Å². The van der Waals surface area contributed by atoms with Gasteiger partial charge in [0.1, 0.15) is 16.5 Å². The van der Waals surface area contributed by atoms with Gasteiger partial charge in [-0.05, 0) is 61.5 Å². The van der Waals surface area contributed by atoms with E-state index in [9.17, 15) is 14.9 Å². The van der Waals surface area contributed by atoms with Gasteiger partial charge in [-0.25, -0.2) is 0 Å². The van der Waals surface area contributed by atoms with Gasteiger partial charge in [-0.3, -0.25) is 19.8 Å². The molecule has 0 saturated carbocycles. The largest absolute Gasteiger partial charge is 0.456 e. The minimum atomic E-state index is -0.436. The van der Waals surface area contributed by atoms with Crippen LogP contribution >= 0.6 is 23.1 Å². The molecule has 2 aromatic carbocycles. The minimum Gasteiger partial charge on any atom is -0.456 e. The Morgan fingerprint density at radius 1 is 1.09 bits per heavy atom. The number of para-hydroxylation sites is 1. The summed E-state index contributed by atoms with van der Waals surface area (Å²) in [7, 11) is 0. The second-order valence-electron chi connectivity index (χ2n) is 7.56. The number of furan rings is 1. The minimum absolute atomic E-state index is 0.0399. The van der Waals surface area contributed by atoms with E-state index in [0.29, 0.717) is 38.0 Å². The van der Waals surface area contributed by atoms with E-state index >= 15 is 0 Å². The molecule has 3 heterocycles. The fourth-order valence-corrected chi connectivity index (χ4v) is 5.05. The summed E-state index contributed by atoms with van der Waals surface area (Å²) in [4.78, 5) is 30.9. The smallest absolute Gasteiger partial charge is 0.280 e. The summed E-state index contributed by atoms with van der Waals surface area (Å²) in [6.45, 7) is 3.62. The quantitative estimate of drug-likeness (QED) is 0.183. The Hall–Kier alpha value is -4.09. The number of anilines is 1. The number of rotatable bonds is 5. The molecule has 0 unspecified atom stereocenters. The topological polar surface area (TPSA) is 115 Å². The molecule has 0 spiro atoms. The van der Waals surface area contributed by atoms with Crippen molar-refractivity contribution in [1.29, 1.82) is 0 Å². The summed E-state index contributed by atoms with van der Waals surface area (Å²) in [6.07, 6.45) is 1.61.